The number of benzene rings is 2. The highest BCUT2D eigenvalue weighted by atomic mass is 16.6. The molecule has 2 aromatic rings. The lowest BCUT2D eigenvalue weighted by atomic mass is 9.93. The van der Waals surface area contributed by atoms with Gasteiger partial charge in [-0.2, -0.15) is 0 Å². The third-order valence-corrected chi connectivity index (χ3v) is 4.54. The van der Waals surface area contributed by atoms with Crippen molar-refractivity contribution in [3.63, 3.8) is 0 Å². The minimum absolute atomic E-state index is 0.00171. The number of amides is 1. The van der Waals surface area contributed by atoms with E-state index < -0.39 is 47.3 Å². The van der Waals surface area contributed by atoms with Crippen molar-refractivity contribution in [1.29, 1.82) is 0 Å². The maximum Gasteiger partial charge on any atom is 0.341 e. The molecule has 0 radical (unpaired) electrons. The molecule has 0 bridgehead atoms. The molecular formula is C19H17NO10. The van der Waals surface area contributed by atoms with Crippen LogP contribution in [0.15, 0.2) is 6.07 Å². The van der Waals surface area contributed by atoms with Crippen molar-refractivity contribution in [3.8, 4) is 23.0 Å². The zero-order valence-electron chi connectivity index (χ0n) is 16.0. The van der Waals surface area contributed by atoms with E-state index in [0.717, 1.165) is 19.9 Å². The van der Waals surface area contributed by atoms with Gasteiger partial charge in [-0.1, -0.05) is 0 Å². The van der Waals surface area contributed by atoms with Gasteiger partial charge in [0.1, 0.15) is 17.2 Å². The number of ketones is 2. The summed E-state index contributed by atoms with van der Waals surface area (Å²) < 4.78 is 10.5. The number of hydrogen-bond donors (Lipinski definition) is 5. The Bertz CT molecular complexity index is 1150. The van der Waals surface area contributed by atoms with Gasteiger partial charge in [-0.25, -0.2) is 4.79 Å². The molecule has 3 rings (SSSR count). The largest absolute Gasteiger partial charge is 0.507 e. The highest BCUT2D eigenvalue weighted by molar-refractivity contribution is 6.40. The van der Waals surface area contributed by atoms with E-state index >= 15 is 0 Å². The van der Waals surface area contributed by atoms with Gasteiger partial charge in [0.25, 0.3) is 11.7 Å². The molecule has 0 saturated heterocycles. The Morgan fingerprint density at radius 2 is 1.83 bits per heavy atom. The summed E-state index contributed by atoms with van der Waals surface area (Å²) in [6.07, 6.45) is 0. The first-order chi connectivity index (χ1) is 13.9. The van der Waals surface area contributed by atoms with Crippen LogP contribution in [-0.4, -0.2) is 56.3 Å². The van der Waals surface area contributed by atoms with E-state index in [9.17, 15) is 34.5 Å². The molecule has 1 heterocycles. The number of aliphatic hydroxyl groups is 1. The average molecular weight is 419 g/mol. The molecule has 1 amide bonds. The van der Waals surface area contributed by atoms with E-state index in [2.05, 4.69) is 5.32 Å². The molecule has 0 fully saturated rings. The number of carbonyl (C=O) groups is 4. The Morgan fingerprint density at radius 3 is 2.40 bits per heavy atom. The molecule has 1 atom stereocenters. The second kappa shape index (κ2) is 6.88. The topological polar surface area (TPSA) is 180 Å². The van der Waals surface area contributed by atoms with Crippen LogP contribution in [0.5, 0.6) is 23.0 Å². The van der Waals surface area contributed by atoms with Crippen LogP contribution in [0.1, 0.15) is 29.8 Å². The number of phenolic OH excluding ortho intramolecular Hbond substituents is 2. The first kappa shape index (κ1) is 20.9. The molecule has 5 N–H and O–H groups in total. The Hall–Kier alpha value is -3.86. The van der Waals surface area contributed by atoms with Gasteiger partial charge in [0.2, 0.25) is 11.6 Å². The van der Waals surface area contributed by atoms with Crippen LogP contribution in [-0.2, 0) is 14.4 Å². The van der Waals surface area contributed by atoms with Crippen LogP contribution < -0.4 is 14.8 Å². The molecule has 2 aromatic carbocycles. The number of anilines is 1. The van der Waals surface area contributed by atoms with E-state index in [0.29, 0.717) is 0 Å². The minimum Gasteiger partial charge on any atom is -0.507 e. The first-order valence-corrected chi connectivity index (χ1v) is 8.54. The SMILES string of the molecule is CC(=O)C(=O)Nc1cc(OCC(=O)O)c2c3c(c(C)c(O)c2c1O)OC(C)(O)C3=O. The maximum atomic E-state index is 12.7. The van der Waals surface area contributed by atoms with Gasteiger partial charge in [0.15, 0.2) is 12.4 Å². The van der Waals surface area contributed by atoms with Crippen LogP contribution in [0.3, 0.4) is 0 Å². The summed E-state index contributed by atoms with van der Waals surface area (Å²) in [4.78, 5) is 46.8. The summed E-state index contributed by atoms with van der Waals surface area (Å²) >= 11 is 0. The Kier molecular flexibility index (Phi) is 4.79. The Balaban J connectivity index is 2.41. The van der Waals surface area contributed by atoms with E-state index in [1.54, 1.807) is 0 Å². The minimum atomic E-state index is -2.27. The van der Waals surface area contributed by atoms with Crippen molar-refractivity contribution in [2.24, 2.45) is 0 Å². The number of Topliss-reactive ketones (excluding diaryl/α,β-unsaturated/α-hetero) is 2. The number of phenols is 2. The van der Waals surface area contributed by atoms with Crippen LogP contribution in [0.25, 0.3) is 10.8 Å². The van der Waals surface area contributed by atoms with E-state index in [4.69, 9.17) is 14.6 Å². The molecular weight excluding hydrogens is 402 g/mol. The molecule has 30 heavy (non-hydrogen) atoms. The van der Waals surface area contributed by atoms with Crippen molar-refractivity contribution in [3.05, 3.63) is 17.2 Å². The van der Waals surface area contributed by atoms with Crippen molar-refractivity contribution < 1.29 is 49.1 Å². The molecule has 1 aliphatic rings. The third-order valence-electron chi connectivity index (χ3n) is 4.54. The lowest BCUT2D eigenvalue weighted by molar-refractivity contribution is -0.139. The van der Waals surface area contributed by atoms with Crippen LogP contribution in [0.4, 0.5) is 5.69 Å². The highest BCUT2D eigenvalue weighted by Crippen LogP contribution is 2.53. The summed E-state index contributed by atoms with van der Waals surface area (Å²) in [5.74, 6) is -8.27. The molecule has 1 unspecified atom stereocenters. The number of carboxylic acid groups (broad SMARTS) is 1. The van der Waals surface area contributed by atoms with Crippen LogP contribution in [0.2, 0.25) is 0 Å². The van der Waals surface area contributed by atoms with Gasteiger partial charge >= 0.3 is 5.97 Å². The van der Waals surface area contributed by atoms with Gasteiger partial charge in [0.05, 0.1) is 16.6 Å². The van der Waals surface area contributed by atoms with Crippen LogP contribution >= 0.6 is 0 Å². The summed E-state index contributed by atoms with van der Waals surface area (Å²) in [5, 5.41) is 42.0. The lowest BCUT2D eigenvalue weighted by Crippen LogP contribution is -2.35. The van der Waals surface area contributed by atoms with E-state index in [-0.39, 0.29) is 39.1 Å². The number of hydrogen-bond acceptors (Lipinski definition) is 9. The molecule has 0 spiro atoms. The normalized spacial score (nSPS) is 17.4. The van der Waals surface area contributed by atoms with Crippen molar-refractivity contribution in [2.45, 2.75) is 26.6 Å². The van der Waals surface area contributed by atoms with Gasteiger partial charge in [-0.05, 0) is 6.92 Å². The summed E-state index contributed by atoms with van der Waals surface area (Å²) in [6.45, 7) is 2.56. The first-order valence-electron chi connectivity index (χ1n) is 8.54. The van der Waals surface area contributed by atoms with E-state index in [1.807, 2.05) is 0 Å². The highest BCUT2D eigenvalue weighted by Gasteiger charge is 2.46. The molecule has 11 heteroatoms. The standard InChI is InChI=1S/C19H17NO10/c1-6-14(24)12-11(13-16(6)30-19(3,28)17(13)26)9(29-5-10(22)23)4-8(15(12)25)20-18(27)7(2)21/h4,24-25,28H,5H2,1-3H3,(H,20,27)(H,22,23). The van der Waals surface area contributed by atoms with Gasteiger partial charge in [-0.15, -0.1) is 0 Å². The number of ether oxygens (including phenoxy) is 2. The quantitative estimate of drug-likeness (QED) is 0.344. The number of aliphatic carboxylic acids is 1. The number of aromatic hydroxyl groups is 2. The summed E-state index contributed by atoms with van der Waals surface area (Å²) in [7, 11) is 0. The maximum absolute atomic E-state index is 12.7. The number of fused-ring (bicyclic) bond motifs is 3. The molecule has 0 aromatic heterocycles. The van der Waals surface area contributed by atoms with Gasteiger partial charge in [-0.3, -0.25) is 14.4 Å². The zero-order valence-corrected chi connectivity index (χ0v) is 16.0. The molecule has 0 aliphatic carbocycles. The summed E-state index contributed by atoms with van der Waals surface area (Å²) in [5.41, 5.74) is -0.612. The number of carboxylic acids is 1. The third kappa shape index (κ3) is 3.14. The van der Waals surface area contributed by atoms with Gasteiger partial charge in [0, 0.05) is 30.9 Å². The number of rotatable bonds is 5. The zero-order chi connectivity index (χ0) is 22.5. The fourth-order valence-corrected chi connectivity index (χ4v) is 3.10. The summed E-state index contributed by atoms with van der Waals surface area (Å²) in [6, 6.07) is 0.997. The fraction of sp³-hybridized carbons (Fsp3) is 0.263. The number of carbonyl (C=O) groups excluding carboxylic acids is 3. The smallest absolute Gasteiger partial charge is 0.341 e. The predicted molar refractivity (Wildman–Crippen MR) is 100 cm³/mol. The monoisotopic (exact) mass is 419 g/mol. The second-order valence-electron chi connectivity index (χ2n) is 6.81. The van der Waals surface area contributed by atoms with Crippen molar-refractivity contribution in [1.82, 2.24) is 0 Å². The Morgan fingerprint density at radius 1 is 1.20 bits per heavy atom. The number of nitrogens with one attached hydrogen (secondary N) is 1. The van der Waals surface area contributed by atoms with Crippen molar-refractivity contribution in [2.75, 3.05) is 11.9 Å². The van der Waals surface area contributed by atoms with Gasteiger partial charge < -0.3 is 35.2 Å². The lowest BCUT2D eigenvalue weighted by Gasteiger charge is -2.18. The molecule has 1 aliphatic heterocycles. The fourth-order valence-electron chi connectivity index (χ4n) is 3.10. The van der Waals surface area contributed by atoms with E-state index in [1.165, 1.54) is 6.92 Å². The average Bonchev–Trinajstić information content (AvgIpc) is 2.89. The van der Waals surface area contributed by atoms with Crippen molar-refractivity contribution >= 4 is 39.9 Å². The molecule has 11 nitrogen and oxygen atoms in total. The van der Waals surface area contributed by atoms with Crippen LogP contribution in [0, 0.1) is 6.92 Å². The predicted octanol–water partition coefficient (Wildman–Crippen LogP) is 0.834. The molecule has 0 saturated carbocycles. The Labute approximate surface area is 168 Å². The molecule has 158 valence electrons. The second-order valence-corrected chi connectivity index (χ2v) is 6.81.